The Morgan fingerprint density at radius 3 is 2.26 bits per heavy atom. The number of sulfonamides is 1. The van der Waals surface area contributed by atoms with E-state index >= 15 is 0 Å². The average Bonchev–Trinajstić information content (AvgIpc) is 3.15. The van der Waals surface area contributed by atoms with Gasteiger partial charge in [0, 0.05) is 24.2 Å². The maximum atomic E-state index is 12.9. The molecule has 0 unspecified atom stereocenters. The Kier molecular flexibility index (Phi) is 5.56. The molecule has 0 bridgehead atoms. The number of hydrogen-bond donors (Lipinski definition) is 2. The second-order valence-electron chi connectivity index (χ2n) is 5.76. The molecule has 0 saturated heterocycles. The molecule has 3 aromatic rings. The Bertz CT molecular complexity index is 999. The Balaban J connectivity index is 1.58. The van der Waals surface area contributed by atoms with Crippen LogP contribution in [0.25, 0.3) is 0 Å². The van der Waals surface area contributed by atoms with E-state index in [1.807, 2.05) is 0 Å². The van der Waals surface area contributed by atoms with Crippen LogP contribution in [0, 0.1) is 5.82 Å². The molecule has 2 N–H and O–H groups in total. The van der Waals surface area contributed by atoms with Gasteiger partial charge in [-0.3, -0.25) is 9.52 Å². The fourth-order valence-electron chi connectivity index (χ4n) is 2.36. The van der Waals surface area contributed by atoms with Crippen LogP contribution < -0.4 is 10.0 Å². The highest BCUT2D eigenvalue weighted by molar-refractivity contribution is 7.92. The van der Waals surface area contributed by atoms with Gasteiger partial charge in [0.05, 0.1) is 11.2 Å². The molecule has 27 heavy (non-hydrogen) atoms. The molecule has 0 spiro atoms. The zero-order valence-corrected chi connectivity index (χ0v) is 15.0. The number of carbonyl (C=O) groups is 1. The van der Waals surface area contributed by atoms with Crippen LogP contribution in [0.1, 0.15) is 12.2 Å². The topological polar surface area (TPSA) is 88.4 Å². The fourth-order valence-corrected chi connectivity index (χ4v) is 3.42. The van der Waals surface area contributed by atoms with Crippen molar-refractivity contribution in [3.63, 3.8) is 0 Å². The van der Waals surface area contributed by atoms with Crippen LogP contribution in [-0.4, -0.2) is 14.3 Å². The highest BCUT2D eigenvalue weighted by Crippen LogP contribution is 2.19. The third-order valence-corrected chi connectivity index (χ3v) is 5.12. The van der Waals surface area contributed by atoms with Crippen LogP contribution in [0.15, 0.2) is 76.2 Å². The number of anilines is 2. The number of rotatable bonds is 7. The summed E-state index contributed by atoms with van der Waals surface area (Å²) in [5, 5.41) is 2.73. The van der Waals surface area contributed by atoms with Crippen molar-refractivity contribution in [3.8, 4) is 0 Å². The van der Waals surface area contributed by atoms with Gasteiger partial charge in [-0.15, -0.1) is 0 Å². The largest absolute Gasteiger partial charge is 0.469 e. The molecule has 1 heterocycles. The van der Waals surface area contributed by atoms with E-state index < -0.39 is 15.8 Å². The number of halogens is 1. The number of benzene rings is 2. The second kappa shape index (κ2) is 8.05. The van der Waals surface area contributed by atoms with Gasteiger partial charge in [0.1, 0.15) is 11.6 Å². The third kappa shape index (κ3) is 5.18. The highest BCUT2D eigenvalue weighted by Gasteiger charge is 2.14. The molecule has 1 amide bonds. The molecule has 0 saturated carbocycles. The van der Waals surface area contributed by atoms with Gasteiger partial charge >= 0.3 is 0 Å². The van der Waals surface area contributed by atoms with Gasteiger partial charge in [0.25, 0.3) is 10.0 Å². The minimum absolute atomic E-state index is 0.0424. The maximum absolute atomic E-state index is 12.9. The van der Waals surface area contributed by atoms with Crippen molar-refractivity contribution in [1.82, 2.24) is 0 Å². The predicted octanol–water partition coefficient (Wildman–Crippen LogP) is 3.79. The summed E-state index contributed by atoms with van der Waals surface area (Å²) in [5.74, 6) is 0.0443. The van der Waals surface area contributed by atoms with Crippen LogP contribution in [-0.2, 0) is 21.2 Å². The number of hydrogen-bond acceptors (Lipinski definition) is 4. The van der Waals surface area contributed by atoms with Gasteiger partial charge in [-0.1, -0.05) is 0 Å². The van der Waals surface area contributed by atoms with Crippen LogP contribution in [0.3, 0.4) is 0 Å². The second-order valence-corrected chi connectivity index (χ2v) is 7.45. The molecule has 0 atom stereocenters. The van der Waals surface area contributed by atoms with E-state index in [2.05, 4.69) is 10.0 Å². The smallest absolute Gasteiger partial charge is 0.261 e. The highest BCUT2D eigenvalue weighted by atomic mass is 32.2. The average molecular weight is 388 g/mol. The van der Waals surface area contributed by atoms with Crippen molar-refractivity contribution in [2.24, 2.45) is 0 Å². The Labute approximate surface area is 156 Å². The van der Waals surface area contributed by atoms with Crippen molar-refractivity contribution >= 4 is 27.3 Å². The summed E-state index contributed by atoms with van der Waals surface area (Å²) in [6.45, 7) is 0. The quantitative estimate of drug-likeness (QED) is 0.645. The van der Waals surface area contributed by atoms with Crippen LogP contribution in [0.2, 0.25) is 0 Å². The van der Waals surface area contributed by atoms with Crippen LogP contribution in [0.4, 0.5) is 15.8 Å². The molecule has 6 nitrogen and oxygen atoms in total. The molecule has 3 rings (SSSR count). The number of nitrogens with one attached hydrogen (secondary N) is 2. The lowest BCUT2D eigenvalue weighted by Gasteiger charge is -2.09. The molecule has 140 valence electrons. The van der Waals surface area contributed by atoms with Gasteiger partial charge in [-0.2, -0.15) is 0 Å². The lowest BCUT2D eigenvalue weighted by molar-refractivity contribution is -0.116. The molecule has 0 radical (unpaired) electrons. The van der Waals surface area contributed by atoms with Crippen LogP contribution >= 0.6 is 0 Å². The summed E-state index contributed by atoms with van der Waals surface area (Å²) in [6, 6.07) is 14.3. The third-order valence-electron chi connectivity index (χ3n) is 3.72. The summed E-state index contributed by atoms with van der Waals surface area (Å²) in [7, 11) is -3.81. The van der Waals surface area contributed by atoms with Crippen molar-refractivity contribution in [1.29, 1.82) is 0 Å². The van der Waals surface area contributed by atoms with E-state index in [9.17, 15) is 17.6 Å². The SMILES string of the molecule is O=C(CCc1ccco1)Nc1ccc(NS(=O)(=O)c2ccc(F)cc2)cc1. The van der Waals surface area contributed by atoms with Gasteiger partial charge in [0.15, 0.2) is 0 Å². The summed E-state index contributed by atoms with van der Waals surface area (Å²) in [6.07, 6.45) is 2.32. The Morgan fingerprint density at radius 1 is 0.963 bits per heavy atom. The zero-order valence-electron chi connectivity index (χ0n) is 14.2. The Hall–Kier alpha value is -3.13. The predicted molar refractivity (Wildman–Crippen MR) is 99.3 cm³/mol. The van der Waals surface area contributed by atoms with E-state index in [0.717, 1.165) is 17.9 Å². The van der Waals surface area contributed by atoms with E-state index in [1.165, 1.54) is 24.3 Å². The molecule has 0 aliphatic heterocycles. The molecular formula is C19H17FN2O4S. The molecule has 0 aliphatic carbocycles. The minimum atomic E-state index is -3.81. The Morgan fingerprint density at radius 2 is 1.63 bits per heavy atom. The molecule has 8 heteroatoms. The lowest BCUT2D eigenvalue weighted by atomic mass is 10.2. The summed E-state index contributed by atoms with van der Waals surface area (Å²) >= 11 is 0. The lowest BCUT2D eigenvalue weighted by Crippen LogP contribution is -2.14. The van der Waals surface area contributed by atoms with Gasteiger partial charge < -0.3 is 9.73 Å². The van der Waals surface area contributed by atoms with Crippen molar-refractivity contribution in [3.05, 3.63) is 78.5 Å². The minimum Gasteiger partial charge on any atom is -0.469 e. The van der Waals surface area contributed by atoms with E-state index in [1.54, 1.807) is 30.5 Å². The molecule has 1 aromatic heterocycles. The fraction of sp³-hybridized carbons (Fsp3) is 0.105. The van der Waals surface area contributed by atoms with Gasteiger partial charge in [0.2, 0.25) is 5.91 Å². The molecule has 0 fully saturated rings. The number of aryl methyl sites for hydroxylation is 1. The normalized spacial score (nSPS) is 11.1. The first kappa shape index (κ1) is 18.7. The van der Waals surface area contributed by atoms with Crippen molar-refractivity contribution in [2.45, 2.75) is 17.7 Å². The first-order chi connectivity index (χ1) is 12.9. The monoisotopic (exact) mass is 388 g/mol. The molecular weight excluding hydrogens is 371 g/mol. The summed E-state index contributed by atoms with van der Waals surface area (Å²) in [5.41, 5.74) is 0.872. The first-order valence-electron chi connectivity index (χ1n) is 8.13. The molecule has 2 aromatic carbocycles. The molecule has 0 aliphatic rings. The summed E-state index contributed by atoms with van der Waals surface area (Å²) < 4.78 is 45.0. The van der Waals surface area contributed by atoms with Gasteiger partial charge in [-0.05, 0) is 60.7 Å². The van der Waals surface area contributed by atoms with Crippen molar-refractivity contribution < 1.29 is 22.0 Å². The van der Waals surface area contributed by atoms with E-state index in [4.69, 9.17) is 4.42 Å². The first-order valence-corrected chi connectivity index (χ1v) is 9.61. The number of amides is 1. The van der Waals surface area contributed by atoms with Crippen molar-refractivity contribution in [2.75, 3.05) is 10.0 Å². The summed E-state index contributed by atoms with van der Waals surface area (Å²) in [4.78, 5) is 11.9. The van der Waals surface area contributed by atoms with Crippen LogP contribution in [0.5, 0.6) is 0 Å². The number of carbonyl (C=O) groups excluding carboxylic acids is 1. The zero-order chi connectivity index (χ0) is 19.3. The number of furan rings is 1. The van der Waals surface area contributed by atoms with E-state index in [0.29, 0.717) is 17.8 Å². The standard InChI is InChI=1S/C19H17FN2O4S/c20-14-3-10-18(11-4-14)27(24,25)22-16-7-5-15(6-8-16)21-19(23)12-9-17-2-1-13-26-17/h1-8,10-11,13,22H,9,12H2,(H,21,23). The van der Waals surface area contributed by atoms with E-state index in [-0.39, 0.29) is 17.2 Å². The maximum Gasteiger partial charge on any atom is 0.261 e. The van der Waals surface area contributed by atoms with Gasteiger partial charge in [-0.25, -0.2) is 12.8 Å².